The number of benzene rings is 1. The number of nitrogens with zero attached hydrogens (tertiary/aromatic N) is 5. The molecule has 0 bridgehead atoms. The Morgan fingerprint density at radius 3 is 2.55 bits per heavy atom. The second kappa shape index (κ2) is 9.15. The number of aliphatic carboxylic acids is 1. The number of carboxylic acid groups (broad SMARTS) is 1. The lowest BCUT2D eigenvalue weighted by atomic mass is 9.92. The van der Waals surface area contributed by atoms with Crippen molar-refractivity contribution >= 4 is 23.5 Å². The minimum Gasteiger partial charge on any atom is -0.480 e. The Kier molecular flexibility index (Phi) is 6.89. The van der Waals surface area contributed by atoms with Gasteiger partial charge in [0, 0.05) is 5.69 Å². The zero-order chi connectivity index (χ0) is 21.6. The largest absolute Gasteiger partial charge is 0.480 e. The summed E-state index contributed by atoms with van der Waals surface area (Å²) in [6, 6.07) is 8.32. The summed E-state index contributed by atoms with van der Waals surface area (Å²) in [5.41, 5.74) is 17.2. The first-order valence-corrected chi connectivity index (χ1v) is 8.94. The molecule has 0 saturated heterocycles. The molecule has 156 valence electrons. The van der Waals surface area contributed by atoms with Crippen LogP contribution in [0.5, 0.6) is 0 Å². The number of rotatable bonds is 9. The molecule has 7 N–H and O–H groups in total. The van der Waals surface area contributed by atoms with Crippen molar-refractivity contribution in [2.24, 2.45) is 22.2 Å². The Labute approximate surface area is 168 Å². The number of carbonyl (C=O) groups excluding carboxylic acids is 1. The first-order chi connectivity index (χ1) is 13.6. The summed E-state index contributed by atoms with van der Waals surface area (Å²) in [7, 11) is 0. The van der Waals surface area contributed by atoms with Gasteiger partial charge in [-0.15, -0.1) is 5.10 Å². The molecule has 0 fully saturated rings. The van der Waals surface area contributed by atoms with Gasteiger partial charge in [-0.25, -0.2) is 4.68 Å². The first-order valence-electron chi connectivity index (χ1n) is 8.94. The van der Waals surface area contributed by atoms with Crippen LogP contribution in [0, 0.1) is 0 Å². The summed E-state index contributed by atoms with van der Waals surface area (Å²) in [6.45, 7) is 2.94. The second-order valence-corrected chi connectivity index (χ2v) is 7.04. The van der Waals surface area contributed by atoms with E-state index in [1.165, 1.54) is 9.58 Å². The topological polar surface area (TPSA) is 179 Å². The highest BCUT2D eigenvalue weighted by Gasteiger charge is 2.28. The third-order valence-corrected chi connectivity index (χ3v) is 4.17. The molecule has 0 saturated carbocycles. The Morgan fingerprint density at radius 1 is 1.31 bits per heavy atom. The van der Waals surface area contributed by atoms with Gasteiger partial charge in [0.2, 0.25) is 5.91 Å². The molecule has 29 heavy (non-hydrogen) atoms. The highest BCUT2D eigenvalue weighted by molar-refractivity contribution is 5.97. The predicted molar refractivity (Wildman–Crippen MR) is 108 cm³/mol. The van der Waals surface area contributed by atoms with Gasteiger partial charge in [-0.2, -0.15) is 0 Å². The van der Waals surface area contributed by atoms with E-state index in [-0.39, 0.29) is 18.5 Å². The molecular formula is C18H26N8O3. The van der Waals surface area contributed by atoms with E-state index in [4.69, 9.17) is 22.3 Å². The van der Waals surface area contributed by atoms with Crippen molar-refractivity contribution in [1.82, 2.24) is 15.0 Å². The van der Waals surface area contributed by atoms with Gasteiger partial charge < -0.3 is 22.3 Å². The van der Waals surface area contributed by atoms with Gasteiger partial charge in [0.15, 0.2) is 5.96 Å². The van der Waals surface area contributed by atoms with E-state index in [1.807, 2.05) is 6.92 Å². The van der Waals surface area contributed by atoms with Gasteiger partial charge in [0.05, 0.1) is 17.8 Å². The van der Waals surface area contributed by atoms with Gasteiger partial charge in [0.1, 0.15) is 18.8 Å². The Morgan fingerprint density at radius 2 is 1.97 bits per heavy atom. The van der Waals surface area contributed by atoms with Crippen LogP contribution >= 0.6 is 0 Å². The fraction of sp³-hybridized carbons (Fsp3) is 0.389. The molecule has 2 unspecified atom stereocenters. The fourth-order valence-corrected chi connectivity index (χ4v) is 2.95. The second-order valence-electron chi connectivity index (χ2n) is 7.04. The summed E-state index contributed by atoms with van der Waals surface area (Å²) >= 11 is 0. The number of hydrogen-bond acceptors (Lipinski definition) is 6. The van der Waals surface area contributed by atoms with Crippen LogP contribution in [0.4, 0.5) is 5.69 Å². The predicted octanol–water partition coefficient (Wildman–Crippen LogP) is -0.378. The third-order valence-electron chi connectivity index (χ3n) is 4.17. The first kappa shape index (κ1) is 21.8. The van der Waals surface area contributed by atoms with E-state index >= 15 is 0 Å². The quantitative estimate of drug-likeness (QED) is 0.324. The molecule has 0 aliphatic carbocycles. The zero-order valence-corrected chi connectivity index (χ0v) is 16.4. The SMILES string of the molecule is CC(CC(C)(N)c1cn(CC(=O)N(CC(=O)O)c2ccccc2)nn1)N=C(N)N. The monoisotopic (exact) mass is 402 g/mol. The minimum atomic E-state index is -1.12. The molecule has 1 heterocycles. The van der Waals surface area contributed by atoms with Crippen LogP contribution in [-0.4, -0.2) is 50.5 Å². The molecule has 2 aromatic rings. The number of guanidine groups is 1. The number of aliphatic imine (C=N–C) groups is 1. The summed E-state index contributed by atoms with van der Waals surface area (Å²) in [6.07, 6.45) is 1.97. The number of anilines is 1. The van der Waals surface area contributed by atoms with Crippen molar-refractivity contribution in [2.45, 2.75) is 38.4 Å². The molecule has 11 nitrogen and oxygen atoms in total. The summed E-state index contributed by atoms with van der Waals surface area (Å²) in [5, 5.41) is 17.2. The van der Waals surface area contributed by atoms with Crippen LogP contribution in [0.1, 0.15) is 26.0 Å². The average molecular weight is 402 g/mol. The van der Waals surface area contributed by atoms with Gasteiger partial charge in [-0.3, -0.25) is 19.5 Å². The molecule has 11 heteroatoms. The molecule has 2 rings (SSSR count). The molecule has 0 radical (unpaired) electrons. The molecule has 0 aliphatic rings. The van der Waals surface area contributed by atoms with Crippen LogP contribution in [0.2, 0.25) is 0 Å². The van der Waals surface area contributed by atoms with Crippen molar-refractivity contribution in [3.05, 3.63) is 42.2 Å². The number of aromatic nitrogens is 3. The van der Waals surface area contributed by atoms with Crippen LogP contribution in [0.3, 0.4) is 0 Å². The lowest BCUT2D eigenvalue weighted by molar-refractivity contribution is -0.136. The van der Waals surface area contributed by atoms with E-state index in [0.29, 0.717) is 17.8 Å². The molecule has 1 aromatic heterocycles. The van der Waals surface area contributed by atoms with E-state index in [1.54, 1.807) is 43.5 Å². The average Bonchev–Trinajstić information content (AvgIpc) is 3.08. The van der Waals surface area contributed by atoms with Crippen LogP contribution in [0.15, 0.2) is 41.5 Å². The number of nitrogens with two attached hydrogens (primary N) is 3. The maximum absolute atomic E-state index is 12.7. The van der Waals surface area contributed by atoms with Crippen molar-refractivity contribution in [3.63, 3.8) is 0 Å². The van der Waals surface area contributed by atoms with Gasteiger partial charge in [-0.05, 0) is 32.4 Å². The van der Waals surface area contributed by atoms with Crippen LogP contribution in [-0.2, 0) is 21.7 Å². The minimum absolute atomic E-state index is 0.0259. The number of para-hydroxylation sites is 1. The fourth-order valence-electron chi connectivity index (χ4n) is 2.95. The van der Waals surface area contributed by atoms with Crippen molar-refractivity contribution in [1.29, 1.82) is 0 Å². The lowest BCUT2D eigenvalue weighted by Crippen LogP contribution is -2.38. The number of carboxylic acids is 1. The van der Waals surface area contributed by atoms with E-state index in [0.717, 1.165) is 0 Å². The normalized spacial score (nSPS) is 13.9. The molecule has 2 atom stereocenters. The summed E-state index contributed by atoms with van der Waals surface area (Å²) in [5.74, 6) is -1.59. The van der Waals surface area contributed by atoms with E-state index in [2.05, 4.69) is 15.3 Å². The van der Waals surface area contributed by atoms with Gasteiger partial charge in [0.25, 0.3) is 0 Å². The molecular weight excluding hydrogens is 376 g/mol. The van der Waals surface area contributed by atoms with Crippen molar-refractivity contribution in [2.75, 3.05) is 11.4 Å². The lowest BCUT2D eigenvalue weighted by Gasteiger charge is -2.24. The number of amides is 1. The van der Waals surface area contributed by atoms with Crippen LogP contribution in [0.25, 0.3) is 0 Å². The van der Waals surface area contributed by atoms with E-state index in [9.17, 15) is 9.59 Å². The van der Waals surface area contributed by atoms with Gasteiger partial charge >= 0.3 is 5.97 Å². The Balaban J connectivity index is 2.14. The number of hydrogen-bond donors (Lipinski definition) is 4. The van der Waals surface area contributed by atoms with Gasteiger partial charge in [-0.1, -0.05) is 23.4 Å². The molecule has 1 amide bonds. The summed E-state index contributed by atoms with van der Waals surface area (Å²) in [4.78, 5) is 29.1. The van der Waals surface area contributed by atoms with Crippen molar-refractivity contribution < 1.29 is 14.7 Å². The number of carbonyl (C=O) groups is 2. The molecule has 1 aromatic carbocycles. The molecule has 0 spiro atoms. The highest BCUT2D eigenvalue weighted by Crippen LogP contribution is 2.22. The molecule has 0 aliphatic heterocycles. The zero-order valence-electron chi connectivity index (χ0n) is 16.4. The smallest absolute Gasteiger partial charge is 0.323 e. The van der Waals surface area contributed by atoms with Crippen molar-refractivity contribution in [3.8, 4) is 0 Å². The van der Waals surface area contributed by atoms with E-state index < -0.39 is 24.0 Å². The Bertz CT molecular complexity index is 874. The standard InChI is InChI=1S/C18H26N8O3/c1-12(22-17(19)20)8-18(2,21)14-9-25(24-23-14)10-15(27)26(11-16(28)29)13-6-4-3-5-7-13/h3-7,9,12H,8,10-11,21H2,1-2H3,(H,28,29)(H4,19,20,22). The highest BCUT2D eigenvalue weighted by atomic mass is 16.4. The maximum Gasteiger partial charge on any atom is 0.323 e. The summed E-state index contributed by atoms with van der Waals surface area (Å²) < 4.78 is 1.33. The maximum atomic E-state index is 12.7. The van der Waals surface area contributed by atoms with Crippen LogP contribution < -0.4 is 22.1 Å². The Hall–Kier alpha value is -3.47. The third kappa shape index (κ3) is 6.28.